The Morgan fingerprint density at radius 1 is 1.17 bits per heavy atom. The highest BCUT2D eigenvalue weighted by molar-refractivity contribution is 7.88. The summed E-state index contributed by atoms with van der Waals surface area (Å²) >= 11 is 5.86. The van der Waals surface area contributed by atoms with Gasteiger partial charge in [-0.3, -0.25) is 4.90 Å². The van der Waals surface area contributed by atoms with Crippen LogP contribution in [-0.2, 0) is 10.0 Å². The van der Waals surface area contributed by atoms with E-state index in [1.54, 1.807) is 4.31 Å². The second-order valence-electron chi connectivity index (χ2n) is 6.47. The molecule has 3 aliphatic heterocycles. The Morgan fingerprint density at radius 2 is 1.91 bits per heavy atom. The topological polar surface area (TPSA) is 49.9 Å². The van der Waals surface area contributed by atoms with Gasteiger partial charge in [-0.2, -0.15) is 0 Å². The fourth-order valence-corrected chi connectivity index (χ4v) is 4.54. The molecule has 2 atom stereocenters. The largest absolute Gasteiger partial charge is 0.492 e. The van der Waals surface area contributed by atoms with Crippen molar-refractivity contribution >= 4 is 21.6 Å². The monoisotopic (exact) mass is 358 g/mol. The standard InChI is InChI=1S/C16H23ClN2O3S/c1-23(20,21)19-11-13-2-5-15(12-19)18(10-13)8-9-22-16-6-3-14(17)4-7-16/h3-4,6-7,13,15H,2,5,8-12H2,1H3/t13-,15-/m0/s1. The zero-order valence-corrected chi connectivity index (χ0v) is 14.9. The van der Waals surface area contributed by atoms with E-state index < -0.39 is 10.0 Å². The smallest absolute Gasteiger partial charge is 0.211 e. The summed E-state index contributed by atoms with van der Waals surface area (Å²) in [6, 6.07) is 7.66. The molecule has 2 bridgehead atoms. The summed E-state index contributed by atoms with van der Waals surface area (Å²) in [6.07, 6.45) is 3.49. The average Bonchev–Trinajstić information content (AvgIpc) is 2.81. The van der Waals surface area contributed by atoms with E-state index in [-0.39, 0.29) is 0 Å². The van der Waals surface area contributed by atoms with Crippen LogP contribution in [0.5, 0.6) is 5.75 Å². The maximum atomic E-state index is 11.9. The Kier molecular flexibility index (Phi) is 5.16. The van der Waals surface area contributed by atoms with Crippen molar-refractivity contribution < 1.29 is 13.2 Å². The number of benzene rings is 1. The number of ether oxygens (including phenoxy) is 1. The molecular weight excluding hydrogens is 336 g/mol. The quantitative estimate of drug-likeness (QED) is 0.808. The molecule has 0 unspecified atom stereocenters. The first kappa shape index (κ1) is 17.0. The summed E-state index contributed by atoms with van der Waals surface area (Å²) in [6.45, 7) is 3.64. The van der Waals surface area contributed by atoms with Crippen LogP contribution in [-0.4, -0.2) is 62.7 Å². The Bertz CT molecular complexity index is 635. The van der Waals surface area contributed by atoms with Crippen LogP contribution in [0.25, 0.3) is 0 Å². The Balaban J connectivity index is 1.56. The van der Waals surface area contributed by atoms with Crippen molar-refractivity contribution in [2.75, 3.05) is 39.0 Å². The minimum Gasteiger partial charge on any atom is -0.492 e. The van der Waals surface area contributed by atoms with E-state index in [0.29, 0.717) is 36.7 Å². The summed E-state index contributed by atoms with van der Waals surface area (Å²) < 4.78 is 31.1. The van der Waals surface area contributed by atoms with Crippen molar-refractivity contribution in [2.24, 2.45) is 5.92 Å². The molecule has 0 amide bonds. The molecule has 1 aromatic carbocycles. The first-order valence-electron chi connectivity index (χ1n) is 7.99. The van der Waals surface area contributed by atoms with Gasteiger partial charge < -0.3 is 4.74 Å². The summed E-state index contributed by atoms with van der Waals surface area (Å²) in [5, 5.41) is 0.697. The molecule has 23 heavy (non-hydrogen) atoms. The SMILES string of the molecule is CS(=O)(=O)N1C[C@H]2CC[C@@H](C1)N(CCOc1ccc(Cl)cc1)C2. The molecule has 0 aliphatic carbocycles. The second kappa shape index (κ2) is 6.97. The molecule has 0 spiro atoms. The molecule has 3 fully saturated rings. The van der Waals surface area contributed by atoms with Crippen molar-refractivity contribution in [2.45, 2.75) is 18.9 Å². The van der Waals surface area contributed by atoms with Gasteiger partial charge in [0.2, 0.25) is 10.0 Å². The Labute approximate surface area is 143 Å². The molecule has 0 radical (unpaired) electrons. The van der Waals surface area contributed by atoms with Crippen LogP contribution < -0.4 is 4.74 Å². The van der Waals surface area contributed by atoms with Gasteiger partial charge in [0.1, 0.15) is 12.4 Å². The van der Waals surface area contributed by atoms with Gasteiger partial charge in [-0.25, -0.2) is 12.7 Å². The van der Waals surface area contributed by atoms with Gasteiger partial charge in [0.15, 0.2) is 0 Å². The van der Waals surface area contributed by atoms with E-state index in [4.69, 9.17) is 16.3 Å². The van der Waals surface area contributed by atoms with Gasteiger partial charge in [-0.15, -0.1) is 0 Å². The number of halogens is 1. The zero-order valence-electron chi connectivity index (χ0n) is 13.3. The Hall–Kier alpha value is -0.820. The molecule has 128 valence electrons. The van der Waals surface area contributed by atoms with E-state index in [9.17, 15) is 8.42 Å². The lowest BCUT2D eigenvalue weighted by Gasteiger charge is -2.35. The predicted octanol–water partition coefficient (Wildman–Crippen LogP) is 2.07. The van der Waals surface area contributed by atoms with Crippen molar-refractivity contribution in [3.8, 4) is 5.75 Å². The molecule has 0 aromatic heterocycles. The molecule has 4 rings (SSSR count). The fourth-order valence-electron chi connectivity index (χ4n) is 3.49. The second-order valence-corrected chi connectivity index (χ2v) is 8.89. The average molecular weight is 359 g/mol. The van der Waals surface area contributed by atoms with Crippen LogP contribution in [0.3, 0.4) is 0 Å². The lowest BCUT2D eigenvalue weighted by molar-refractivity contribution is 0.111. The van der Waals surface area contributed by atoms with Gasteiger partial charge in [-0.1, -0.05) is 11.6 Å². The minimum atomic E-state index is -3.10. The first-order valence-corrected chi connectivity index (χ1v) is 10.2. The molecule has 3 aliphatic rings. The summed E-state index contributed by atoms with van der Waals surface area (Å²) in [5.41, 5.74) is 0. The number of hydrogen-bond donors (Lipinski definition) is 0. The highest BCUT2D eigenvalue weighted by Gasteiger charge is 2.37. The lowest BCUT2D eigenvalue weighted by Crippen LogP contribution is -2.46. The van der Waals surface area contributed by atoms with Gasteiger partial charge in [0.25, 0.3) is 0 Å². The predicted molar refractivity (Wildman–Crippen MR) is 91.4 cm³/mol. The molecule has 0 N–H and O–H groups in total. The third-order valence-corrected chi connectivity index (χ3v) is 6.21. The van der Waals surface area contributed by atoms with E-state index in [1.165, 1.54) is 6.26 Å². The number of fused-ring (bicyclic) bond motifs is 4. The first-order chi connectivity index (χ1) is 10.9. The van der Waals surface area contributed by atoms with Crippen LogP contribution in [0, 0.1) is 5.92 Å². The maximum absolute atomic E-state index is 11.9. The number of rotatable bonds is 5. The van der Waals surface area contributed by atoms with Gasteiger partial charge in [0, 0.05) is 37.2 Å². The van der Waals surface area contributed by atoms with E-state index >= 15 is 0 Å². The van der Waals surface area contributed by atoms with Crippen LogP contribution in [0.15, 0.2) is 24.3 Å². The molecule has 7 heteroatoms. The highest BCUT2D eigenvalue weighted by Crippen LogP contribution is 2.28. The zero-order chi connectivity index (χ0) is 16.4. The molecule has 1 aromatic rings. The van der Waals surface area contributed by atoms with Crippen molar-refractivity contribution in [3.63, 3.8) is 0 Å². The normalized spacial score (nSPS) is 26.2. The molecule has 3 saturated heterocycles. The van der Waals surface area contributed by atoms with Crippen LogP contribution >= 0.6 is 11.6 Å². The van der Waals surface area contributed by atoms with Gasteiger partial charge in [0.05, 0.1) is 6.26 Å². The van der Waals surface area contributed by atoms with E-state index in [2.05, 4.69) is 4.90 Å². The fraction of sp³-hybridized carbons (Fsp3) is 0.625. The van der Waals surface area contributed by atoms with Gasteiger partial charge in [-0.05, 0) is 43.0 Å². The van der Waals surface area contributed by atoms with Gasteiger partial charge >= 0.3 is 0 Å². The minimum absolute atomic E-state index is 0.303. The van der Waals surface area contributed by atoms with Crippen molar-refractivity contribution in [1.82, 2.24) is 9.21 Å². The summed E-state index contributed by atoms with van der Waals surface area (Å²) in [4.78, 5) is 2.38. The molecule has 0 saturated carbocycles. The number of piperidine rings is 1. The summed E-state index contributed by atoms with van der Waals surface area (Å²) in [7, 11) is -3.10. The maximum Gasteiger partial charge on any atom is 0.211 e. The Morgan fingerprint density at radius 3 is 2.61 bits per heavy atom. The molecule has 3 heterocycles. The number of sulfonamides is 1. The number of hydrogen-bond acceptors (Lipinski definition) is 4. The number of nitrogens with zero attached hydrogens (tertiary/aromatic N) is 2. The van der Waals surface area contributed by atoms with E-state index in [1.807, 2.05) is 24.3 Å². The third kappa shape index (κ3) is 4.38. The van der Waals surface area contributed by atoms with E-state index in [0.717, 1.165) is 31.7 Å². The lowest BCUT2D eigenvalue weighted by atomic mass is 9.95. The van der Waals surface area contributed by atoms with Crippen LogP contribution in [0.2, 0.25) is 5.02 Å². The van der Waals surface area contributed by atoms with Crippen LogP contribution in [0.1, 0.15) is 12.8 Å². The molecule has 5 nitrogen and oxygen atoms in total. The summed E-state index contributed by atoms with van der Waals surface area (Å²) in [5.74, 6) is 1.24. The van der Waals surface area contributed by atoms with Crippen molar-refractivity contribution in [1.29, 1.82) is 0 Å². The van der Waals surface area contributed by atoms with Crippen molar-refractivity contribution in [3.05, 3.63) is 29.3 Å². The molecular formula is C16H23ClN2O3S. The third-order valence-electron chi connectivity index (χ3n) is 4.72. The van der Waals surface area contributed by atoms with Crippen LogP contribution in [0.4, 0.5) is 0 Å². The highest BCUT2D eigenvalue weighted by atomic mass is 35.5.